The third kappa shape index (κ3) is 21.4. The Kier molecular flexibility index (Phi) is 31.8. The predicted octanol–water partition coefficient (Wildman–Crippen LogP) is 23.7. The zero-order valence-corrected chi connectivity index (χ0v) is 67.5. The molecule has 0 spiro atoms. The molecule has 2 atom stereocenters. The molecule has 12 heteroatoms. The van der Waals surface area contributed by atoms with Gasteiger partial charge >= 0.3 is 13.7 Å². The fraction of sp³-hybridized carbons (Fsp3) is 0.400. The number of benzene rings is 8. The van der Waals surface area contributed by atoms with Crippen molar-refractivity contribution in [2.24, 2.45) is 11.8 Å². The van der Waals surface area contributed by atoms with Gasteiger partial charge in [0.25, 0.3) is 5.70 Å². The van der Waals surface area contributed by atoms with E-state index >= 15 is 0 Å². The van der Waals surface area contributed by atoms with Gasteiger partial charge in [-0.1, -0.05) is 399 Å². The monoisotopic (exact) mass is 1490 g/mol. The first-order valence-corrected chi connectivity index (χ1v) is 43.2. The Labute approximate surface area is 668 Å². The Morgan fingerprint density at radius 3 is 1.07 bits per heavy atom. The van der Waals surface area contributed by atoms with Gasteiger partial charge in [-0.3, -0.25) is 0 Å². The van der Waals surface area contributed by atoms with Crippen molar-refractivity contribution >= 4 is 79.8 Å². The summed E-state index contributed by atoms with van der Waals surface area (Å²) in [5, 5.41) is 15.3. The zero-order valence-electron chi connectivity index (χ0n) is 67.5. The largest absolute Gasteiger partial charge is 0.493 e. The molecule has 12 aromatic rings. The molecule has 0 N–H and O–H groups in total. The van der Waals surface area contributed by atoms with Gasteiger partial charge in [-0.2, -0.15) is 5.26 Å². The molecule has 4 heterocycles. The van der Waals surface area contributed by atoms with Crippen molar-refractivity contribution in [2.45, 2.75) is 233 Å². The Morgan fingerprint density at radius 1 is 0.393 bits per heavy atom. The van der Waals surface area contributed by atoms with Gasteiger partial charge in [-0.05, 0) is 86.1 Å². The minimum Gasteiger partial charge on any atom is -0.493 e. The summed E-state index contributed by atoms with van der Waals surface area (Å²) in [5.74, 6) is 2.58. The van der Waals surface area contributed by atoms with E-state index < -0.39 is 13.7 Å². The van der Waals surface area contributed by atoms with Crippen LogP contribution in [0.5, 0.6) is 11.5 Å². The summed E-state index contributed by atoms with van der Waals surface area (Å²) in [7, 11) is 0. The lowest BCUT2D eigenvalue weighted by atomic mass is 9.50. The maximum Gasteiger partial charge on any atom is 0.328 e. The molecule has 10 nitrogen and oxygen atoms in total. The van der Waals surface area contributed by atoms with Crippen LogP contribution in [0, 0.1) is 29.7 Å². The van der Waals surface area contributed by atoms with Gasteiger partial charge in [0.05, 0.1) is 30.5 Å². The number of nitriles is 1. The highest BCUT2D eigenvalue weighted by molar-refractivity contribution is 6.85. The molecule has 0 aliphatic carbocycles. The molecule has 578 valence electrons. The number of hydrogen-bond donors (Lipinski definition) is 0. The van der Waals surface area contributed by atoms with Gasteiger partial charge in [0.1, 0.15) is 34.2 Å². The normalized spacial score (nSPS) is 12.6. The summed E-state index contributed by atoms with van der Waals surface area (Å²) in [5.41, 5.74) is 9.82. The first kappa shape index (κ1) is 81.5. The number of rotatable bonds is 48. The summed E-state index contributed by atoms with van der Waals surface area (Å²) in [6.07, 6.45) is 39.9. The molecule has 0 amide bonds. The van der Waals surface area contributed by atoms with Crippen LogP contribution in [0.1, 0.15) is 245 Å². The molecule has 112 heavy (non-hydrogen) atoms. The third-order valence-corrected chi connectivity index (χ3v) is 22.9. The van der Waals surface area contributed by atoms with Crippen LogP contribution in [0.15, 0.2) is 227 Å². The highest BCUT2D eigenvalue weighted by atomic mass is 16.5. The number of nitrogens with zero attached hydrogens (tertiary/aromatic N) is 6. The predicted molar refractivity (Wildman–Crippen MR) is 470 cm³/mol. The molecule has 0 fully saturated rings. The quantitative estimate of drug-likeness (QED) is 0.0212. The SMILES string of the molecule is [C-]#[N+]/C(c1nc2ccccc2o1)=c1\c2c(-c3cccc(OCC(CCCCCCCC)CCCCCCCCCC)c3)n(B(c3ccccc3)c3ccccc3)/c(=C(/C#N)c3nc4ccccc4o3)c2c(-c2cccc(OCC(CCCCCCCC)CCCCCCCCCC)c2)n1B(c1ccccc1)c1ccccc1. The van der Waals surface area contributed by atoms with Crippen molar-refractivity contribution in [3.63, 3.8) is 0 Å². The van der Waals surface area contributed by atoms with Gasteiger partial charge in [-0.25, -0.2) is 14.8 Å². The van der Waals surface area contributed by atoms with Gasteiger partial charge in [-0.15, -0.1) is 0 Å². The number of para-hydroxylation sites is 4. The minimum atomic E-state index is -0.612. The van der Waals surface area contributed by atoms with Crippen LogP contribution in [0.25, 0.3) is 71.6 Å². The smallest absolute Gasteiger partial charge is 0.328 e. The number of hydrogen-bond acceptors (Lipinski definition) is 7. The number of unbranched alkanes of at least 4 members (excludes halogenated alkanes) is 24. The van der Waals surface area contributed by atoms with Crippen molar-refractivity contribution in [2.75, 3.05) is 13.2 Å². The molecule has 0 aliphatic heterocycles. The summed E-state index contributed by atoms with van der Waals surface area (Å²) in [6, 6.07) is 78.1. The minimum absolute atomic E-state index is 0.169. The van der Waals surface area contributed by atoms with Crippen molar-refractivity contribution in [3.8, 4) is 40.1 Å². The van der Waals surface area contributed by atoms with E-state index in [2.05, 4.69) is 213 Å². The molecule has 0 aliphatic rings. The molecule has 4 aromatic heterocycles. The number of aromatic nitrogens is 4. The van der Waals surface area contributed by atoms with Crippen LogP contribution < -0.4 is 42.0 Å². The maximum absolute atomic E-state index is 12.8. The lowest BCUT2D eigenvalue weighted by Gasteiger charge is -2.24. The second kappa shape index (κ2) is 43.7. The number of oxazole rings is 2. The lowest BCUT2D eigenvalue weighted by Crippen LogP contribution is -2.54. The molecule has 0 radical (unpaired) electrons. The van der Waals surface area contributed by atoms with E-state index in [1.165, 1.54) is 180 Å². The summed E-state index contributed by atoms with van der Waals surface area (Å²) in [4.78, 5) is 15.4. The van der Waals surface area contributed by atoms with Gasteiger partial charge in [0, 0.05) is 33.3 Å². The molecule has 2 unspecified atom stereocenters. The molecule has 12 rings (SSSR count). The standard InChI is InChI=1S/C100H118B2N6O4/c1-6-10-14-18-22-24-28-36-54-77(52-34-26-20-16-12-8-3)75-109-85-66-50-56-79(72-85)95-92-93(98(94(104-5)100-106-89-69-47-49-71-91(89)112-100)108(95)102(83-62-42-32-43-63-83)84-64-44-33-45-65-84)96(80-57-51-67-86(73-80)110-76-78(53-35-27-21-17-13-9-4)55-37-29-25-23-19-15-11-7-2)107(101(81-58-38-30-39-59-81)82-60-40-31-41-61-82)97(92)87(74-103)99-105-88-68-46-48-70-90(88)111-99/h30-33,38-51,56-73,77-78H,6-29,34-37,52-55,75-76H2,1-4H3/b97-87-,98-94+. The molecular weight excluding hydrogens is 1370 g/mol. The molecule has 0 saturated heterocycles. The van der Waals surface area contributed by atoms with Crippen LogP contribution in [0.3, 0.4) is 0 Å². The van der Waals surface area contributed by atoms with E-state index in [1.54, 1.807) is 0 Å². The van der Waals surface area contributed by atoms with Crippen LogP contribution in [0.4, 0.5) is 0 Å². The number of ether oxygens (including phenoxy) is 2. The highest BCUT2D eigenvalue weighted by Gasteiger charge is 2.38. The van der Waals surface area contributed by atoms with Crippen LogP contribution in [-0.4, -0.2) is 45.8 Å². The Bertz CT molecular complexity index is 4590. The van der Waals surface area contributed by atoms with Gasteiger partial charge in [0.2, 0.25) is 11.8 Å². The molecular formula is C100H118B2N6O4. The maximum atomic E-state index is 12.8. The zero-order chi connectivity index (χ0) is 77.3. The highest BCUT2D eigenvalue weighted by Crippen LogP contribution is 2.40. The van der Waals surface area contributed by atoms with E-state index in [0.29, 0.717) is 68.7 Å². The second-order valence-electron chi connectivity index (χ2n) is 31.3. The fourth-order valence-corrected chi connectivity index (χ4v) is 16.9. The Hall–Kier alpha value is -10.0. The van der Waals surface area contributed by atoms with Crippen molar-refractivity contribution in [3.05, 3.63) is 252 Å². The van der Waals surface area contributed by atoms with Crippen molar-refractivity contribution in [1.29, 1.82) is 5.26 Å². The second-order valence-corrected chi connectivity index (χ2v) is 31.3. The van der Waals surface area contributed by atoms with E-state index in [0.717, 1.165) is 81.5 Å². The first-order valence-electron chi connectivity index (χ1n) is 43.2. The van der Waals surface area contributed by atoms with Gasteiger partial charge < -0.3 is 27.3 Å². The van der Waals surface area contributed by atoms with E-state index in [9.17, 15) is 11.8 Å². The molecule has 8 aromatic carbocycles. The lowest BCUT2D eigenvalue weighted by molar-refractivity contribution is 0.224. The third-order valence-electron chi connectivity index (χ3n) is 22.9. The number of fused-ring (bicyclic) bond motifs is 3. The Balaban J connectivity index is 1.17. The first-order chi connectivity index (χ1) is 55.4. The molecule has 0 saturated carbocycles. The van der Waals surface area contributed by atoms with E-state index in [4.69, 9.17) is 33.1 Å². The summed E-state index contributed by atoms with van der Waals surface area (Å²) in [6.45, 7) is 19.1. The van der Waals surface area contributed by atoms with Crippen LogP contribution in [-0.2, 0) is 0 Å². The van der Waals surface area contributed by atoms with Crippen molar-refractivity contribution < 1.29 is 18.3 Å². The average Bonchev–Trinajstić information content (AvgIpc) is 1.52. The fourth-order valence-electron chi connectivity index (χ4n) is 16.9. The molecule has 0 bridgehead atoms. The van der Waals surface area contributed by atoms with E-state index in [1.807, 2.05) is 48.5 Å². The van der Waals surface area contributed by atoms with Gasteiger partial charge in [0.15, 0.2) is 11.2 Å². The summed E-state index contributed by atoms with van der Waals surface area (Å²) < 4.78 is 33.4. The Morgan fingerprint density at radius 2 is 0.714 bits per heavy atom. The van der Waals surface area contributed by atoms with Crippen molar-refractivity contribution in [1.82, 2.24) is 18.9 Å². The topological polar surface area (TPSA) is 109 Å². The van der Waals surface area contributed by atoms with Crippen LogP contribution >= 0.6 is 0 Å². The van der Waals surface area contributed by atoms with Crippen LogP contribution in [0.2, 0.25) is 0 Å². The summed E-state index contributed by atoms with van der Waals surface area (Å²) >= 11 is 0. The average molecular weight is 1490 g/mol. The van der Waals surface area contributed by atoms with E-state index in [-0.39, 0.29) is 23.1 Å².